The number of esters is 1. The maximum atomic E-state index is 12.3. The van der Waals surface area contributed by atoms with Crippen LogP contribution in [0.5, 0.6) is 0 Å². The van der Waals surface area contributed by atoms with Gasteiger partial charge >= 0.3 is 5.97 Å². The summed E-state index contributed by atoms with van der Waals surface area (Å²) in [6.07, 6.45) is 9.42. The van der Waals surface area contributed by atoms with E-state index in [1.54, 1.807) is 0 Å². The third kappa shape index (κ3) is 1.70. The van der Waals surface area contributed by atoms with Gasteiger partial charge in [0.15, 0.2) is 5.90 Å². The molecular weight excluding hydrogens is 354 g/mol. The first-order valence-electron chi connectivity index (χ1n) is 11.0. The van der Waals surface area contributed by atoms with Crippen LogP contribution in [-0.2, 0) is 19.1 Å². The molecule has 0 aromatic carbocycles. The van der Waals surface area contributed by atoms with Gasteiger partial charge in [0.1, 0.15) is 17.0 Å². The molecule has 0 amide bonds. The molecule has 6 rings (SSSR count). The van der Waals surface area contributed by atoms with Crippen molar-refractivity contribution in [2.24, 2.45) is 28.6 Å². The summed E-state index contributed by atoms with van der Waals surface area (Å²) in [6, 6.07) is 0. The van der Waals surface area contributed by atoms with Gasteiger partial charge in [-0.05, 0) is 43.9 Å². The molecule has 150 valence electrons. The topological polar surface area (TPSA) is 76.5 Å². The lowest BCUT2D eigenvalue weighted by atomic mass is 9.45. The lowest BCUT2D eigenvalue weighted by Crippen LogP contribution is -2.59. The van der Waals surface area contributed by atoms with E-state index in [4.69, 9.17) is 14.9 Å². The van der Waals surface area contributed by atoms with Crippen molar-refractivity contribution in [3.63, 3.8) is 0 Å². The normalized spacial score (nSPS) is 54.0. The number of Topliss-reactive ketones (excluding diaryl/α,β-unsaturated/α-hetero) is 1. The van der Waals surface area contributed by atoms with Gasteiger partial charge in [-0.15, -0.1) is 0 Å². The van der Waals surface area contributed by atoms with E-state index >= 15 is 0 Å². The first kappa shape index (κ1) is 17.2. The molecule has 28 heavy (non-hydrogen) atoms. The van der Waals surface area contributed by atoms with E-state index in [1.807, 2.05) is 0 Å². The second-order valence-electron chi connectivity index (χ2n) is 10.7. The van der Waals surface area contributed by atoms with Gasteiger partial charge in [-0.1, -0.05) is 25.5 Å². The number of ether oxygens (including phenoxy) is 2. The zero-order valence-electron chi connectivity index (χ0n) is 16.8. The standard InChI is InChI=1S/C23H29NO4/c1-20-8-4-15-18(16(20)5-9-22(20)10-6-17(26)27-22)14-12-23(28-19(14)24)11-13(25)3-7-21(15,23)2/h4,14,16,18,24H,3,5-12H2,1-2H3/t14-,16+,18-,20+,21-,22-,23+/m1/s1. The maximum Gasteiger partial charge on any atom is 0.306 e. The highest BCUT2D eigenvalue weighted by molar-refractivity contribution is 5.86. The summed E-state index contributed by atoms with van der Waals surface area (Å²) in [7, 11) is 0. The van der Waals surface area contributed by atoms with Crippen molar-refractivity contribution in [2.45, 2.75) is 82.8 Å². The molecule has 0 unspecified atom stereocenters. The summed E-state index contributed by atoms with van der Waals surface area (Å²) in [5.74, 6) is 1.40. The van der Waals surface area contributed by atoms with Crippen molar-refractivity contribution >= 4 is 17.7 Å². The van der Waals surface area contributed by atoms with Gasteiger partial charge in [0.25, 0.3) is 0 Å². The van der Waals surface area contributed by atoms with Crippen molar-refractivity contribution in [3.05, 3.63) is 11.6 Å². The van der Waals surface area contributed by atoms with E-state index < -0.39 is 5.60 Å². The Labute approximate surface area is 165 Å². The molecule has 6 aliphatic rings. The van der Waals surface area contributed by atoms with E-state index in [1.165, 1.54) is 5.57 Å². The van der Waals surface area contributed by atoms with Gasteiger partial charge in [0.05, 0.1) is 0 Å². The first-order valence-corrected chi connectivity index (χ1v) is 11.0. The number of hydrogen-bond acceptors (Lipinski definition) is 5. The molecule has 0 radical (unpaired) electrons. The van der Waals surface area contributed by atoms with Crippen LogP contribution in [0.1, 0.15) is 71.6 Å². The van der Waals surface area contributed by atoms with Crippen molar-refractivity contribution in [3.8, 4) is 0 Å². The molecular formula is C23H29NO4. The second-order valence-corrected chi connectivity index (χ2v) is 10.7. The van der Waals surface area contributed by atoms with Gasteiger partial charge in [-0.25, -0.2) is 0 Å². The summed E-state index contributed by atoms with van der Waals surface area (Å²) < 4.78 is 12.3. The molecule has 2 spiro atoms. The minimum atomic E-state index is -0.504. The summed E-state index contributed by atoms with van der Waals surface area (Å²) in [4.78, 5) is 24.4. The molecule has 0 aromatic heterocycles. The maximum absolute atomic E-state index is 12.3. The Morgan fingerprint density at radius 2 is 1.89 bits per heavy atom. The van der Waals surface area contributed by atoms with E-state index in [0.717, 1.165) is 38.5 Å². The van der Waals surface area contributed by atoms with E-state index in [-0.39, 0.29) is 34.1 Å². The number of ketones is 1. The van der Waals surface area contributed by atoms with E-state index in [0.29, 0.717) is 37.0 Å². The summed E-state index contributed by atoms with van der Waals surface area (Å²) in [5.41, 5.74) is 0.403. The fraction of sp³-hybridized carbons (Fsp3) is 0.783. The Bertz CT molecular complexity index is 863. The molecule has 5 fully saturated rings. The minimum Gasteiger partial charge on any atom is -0.473 e. The lowest BCUT2D eigenvalue weighted by Gasteiger charge is -2.58. The Kier molecular flexibility index (Phi) is 3.02. The Morgan fingerprint density at radius 1 is 1.07 bits per heavy atom. The summed E-state index contributed by atoms with van der Waals surface area (Å²) in [5, 5.41) is 8.67. The monoisotopic (exact) mass is 383 g/mol. The van der Waals surface area contributed by atoms with E-state index in [2.05, 4.69) is 19.9 Å². The number of carbonyl (C=O) groups is 2. The first-order chi connectivity index (χ1) is 13.2. The predicted molar refractivity (Wildman–Crippen MR) is 102 cm³/mol. The zero-order valence-corrected chi connectivity index (χ0v) is 16.8. The molecule has 2 aliphatic heterocycles. The predicted octanol–water partition coefficient (Wildman–Crippen LogP) is 3.95. The highest BCUT2D eigenvalue weighted by atomic mass is 16.6. The molecule has 2 bridgehead atoms. The van der Waals surface area contributed by atoms with Crippen molar-refractivity contribution in [1.82, 2.24) is 0 Å². The van der Waals surface area contributed by atoms with Crippen LogP contribution >= 0.6 is 0 Å². The van der Waals surface area contributed by atoms with Crippen LogP contribution < -0.4 is 0 Å². The minimum absolute atomic E-state index is 0.0472. The van der Waals surface area contributed by atoms with Gasteiger partial charge in [0, 0.05) is 42.4 Å². The zero-order chi connectivity index (χ0) is 19.5. The van der Waals surface area contributed by atoms with Gasteiger partial charge in [0.2, 0.25) is 0 Å². The Balaban J connectivity index is 1.48. The second kappa shape index (κ2) is 4.91. The number of fused-ring (bicyclic) bond motifs is 7. The van der Waals surface area contributed by atoms with Crippen molar-refractivity contribution < 1.29 is 19.1 Å². The summed E-state index contributed by atoms with van der Waals surface area (Å²) >= 11 is 0. The van der Waals surface area contributed by atoms with Crippen LogP contribution in [0, 0.1) is 34.0 Å². The largest absolute Gasteiger partial charge is 0.473 e. The molecule has 4 aliphatic carbocycles. The van der Waals surface area contributed by atoms with Gasteiger partial charge in [-0.2, -0.15) is 0 Å². The number of nitrogens with one attached hydrogen (secondary N) is 1. The average molecular weight is 383 g/mol. The highest BCUT2D eigenvalue weighted by Gasteiger charge is 2.72. The molecule has 3 saturated carbocycles. The lowest BCUT2D eigenvalue weighted by molar-refractivity contribution is -0.161. The Morgan fingerprint density at radius 3 is 2.64 bits per heavy atom. The van der Waals surface area contributed by atoms with E-state index in [9.17, 15) is 9.59 Å². The molecule has 2 saturated heterocycles. The molecule has 7 atom stereocenters. The van der Waals surface area contributed by atoms with Crippen LogP contribution in [0.25, 0.3) is 0 Å². The fourth-order valence-corrected chi connectivity index (χ4v) is 8.35. The number of hydrogen-bond donors (Lipinski definition) is 1. The van der Waals surface area contributed by atoms with Crippen LogP contribution in [0.15, 0.2) is 11.6 Å². The number of allylic oxidation sites excluding steroid dienone is 1. The van der Waals surface area contributed by atoms with Gasteiger partial charge in [-0.3, -0.25) is 15.0 Å². The summed E-state index contributed by atoms with van der Waals surface area (Å²) in [6.45, 7) is 4.61. The van der Waals surface area contributed by atoms with Crippen molar-refractivity contribution in [2.75, 3.05) is 0 Å². The molecule has 1 N–H and O–H groups in total. The SMILES string of the molecule is C[C@]12CC=C3[C@@H]([C@H]4C[C@]5(CC(=O)CC[C@]35C)OC4=N)[C@@H]1CC[C@@]21CCC(=O)O1. The quantitative estimate of drug-likeness (QED) is 0.508. The third-order valence-electron chi connectivity index (χ3n) is 9.95. The average Bonchev–Trinajstić information content (AvgIpc) is 3.26. The number of carbonyl (C=O) groups excluding carboxylic acids is 2. The van der Waals surface area contributed by atoms with Crippen LogP contribution in [0.4, 0.5) is 0 Å². The smallest absolute Gasteiger partial charge is 0.306 e. The fourth-order valence-electron chi connectivity index (χ4n) is 8.35. The van der Waals surface area contributed by atoms with Crippen LogP contribution in [-0.4, -0.2) is 28.9 Å². The third-order valence-corrected chi connectivity index (χ3v) is 9.95. The van der Waals surface area contributed by atoms with Crippen LogP contribution in [0.2, 0.25) is 0 Å². The molecule has 0 aromatic rings. The molecule has 5 nitrogen and oxygen atoms in total. The van der Waals surface area contributed by atoms with Gasteiger partial charge < -0.3 is 9.47 Å². The van der Waals surface area contributed by atoms with Crippen LogP contribution in [0.3, 0.4) is 0 Å². The number of rotatable bonds is 0. The highest BCUT2D eigenvalue weighted by Crippen LogP contribution is 2.72. The molecule has 2 heterocycles. The molecule has 5 heteroatoms. The Hall–Kier alpha value is -1.65. The van der Waals surface area contributed by atoms with Crippen molar-refractivity contribution in [1.29, 1.82) is 5.41 Å².